The van der Waals surface area contributed by atoms with Crippen molar-refractivity contribution in [1.29, 1.82) is 0 Å². The number of oxime groups is 1. The number of carbonyl (C=O) groups is 1. The Hall–Kier alpha value is -2.13. The smallest absolute Gasteiger partial charge is 0.242 e. The Labute approximate surface area is 123 Å². The van der Waals surface area contributed by atoms with Crippen molar-refractivity contribution >= 4 is 27.5 Å². The van der Waals surface area contributed by atoms with Crippen molar-refractivity contribution in [2.24, 2.45) is 10.9 Å². The molecule has 21 heavy (non-hydrogen) atoms. The van der Waals surface area contributed by atoms with Crippen molar-refractivity contribution in [3.05, 3.63) is 24.3 Å². The summed E-state index contributed by atoms with van der Waals surface area (Å²) in [5, 5.41) is 13.8. The molecule has 8 nitrogen and oxygen atoms in total. The SMILES string of the molecule is CC(=O)Nc1ccc(S(=O)(=O)N(C)CC/C(N)=N/O)cc1. The van der Waals surface area contributed by atoms with Gasteiger partial charge in [-0.05, 0) is 24.3 Å². The molecule has 0 fully saturated rings. The lowest BCUT2D eigenvalue weighted by Gasteiger charge is -2.17. The van der Waals surface area contributed by atoms with Crippen molar-refractivity contribution in [2.45, 2.75) is 18.2 Å². The van der Waals surface area contributed by atoms with E-state index in [1.165, 1.54) is 38.2 Å². The molecule has 1 aromatic carbocycles. The Kier molecular flexibility index (Phi) is 5.68. The summed E-state index contributed by atoms with van der Waals surface area (Å²) in [5.74, 6) is -0.278. The zero-order valence-corrected chi connectivity index (χ0v) is 12.6. The van der Waals surface area contributed by atoms with Gasteiger partial charge in [0, 0.05) is 32.6 Å². The van der Waals surface area contributed by atoms with E-state index in [4.69, 9.17) is 10.9 Å². The van der Waals surface area contributed by atoms with Gasteiger partial charge in [-0.3, -0.25) is 4.79 Å². The highest BCUT2D eigenvalue weighted by Gasteiger charge is 2.20. The Bertz CT molecular complexity index is 625. The van der Waals surface area contributed by atoms with Gasteiger partial charge in [-0.2, -0.15) is 0 Å². The monoisotopic (exact) mass is 314 g/mol. The number of nitrogens with one attached hydrogen (secondary N) is 1. The van der Waals surface area contributed by atoms with Gasteiger partial charge < -0.3 is 16.3 Å². The Balaban J connectivity index is 2.84. The largest absolute Gasteiger partial charge is 0.409 e. The maximum atomic E-state index is 12.3. The van der Waals surface area contributed by atoms with Crippen LogP contribution in [0.3, 0.4) is 0 Å². The van der Waals surface area contributed by atoms with E-state index in [0.717, 1.165) is 4.31 Å². The molecule has 0 radical (unpaired) electrons. The van der Waals surface area contributed by atoms with Crippen LogP contribution in [0.4, 0.5) is 5.69 Å². The van der Waals surface area contributed by atoms with Gasteiger partial charge in [-0.15, -0.1) is 0 Å². The number of anilines is 1. The van der Waals surface area contributed by atoms with Gasteiger partial charge in [0.1, 0.15) is 5.84 Å². The summed E-state index contributed by atoms with van der Waals surface area (Å²) in [6.45, 7) is 1.46. The van der Waals surface area contributed by atoms with Crippen LogP contribution in [0.1, 0.15) is 13.3 Å². The fourth-order valence-electron chi connectivity index (χ4n) is 1.54. The zero-order chi connectivity index (χ0) is 16.0. The van der Waals surface area contributed by atoms with Crippen LogP contribution in [0, 0.1) is 0 Å². The molecule has 1 amide bonds. The maximum Gasteiger partial charge on any atom is 0.242 e. The number of nitrogens with zero attached hydrogens (tertiary/aromatic N) is 2. The molecule has 9 heteroatoms. The molecule has 4 N–H and O–H groups in total. The number of amidine groups is 1. The highest BCUT2D eigenvalue weighted by molar-refractivity contribution is 7.89. The van der Waals surface area contributed by atoms with E-state index in [9.17, 15) is 13.2 Å². The molecule has 1 rings (SSSR count). The summed E-state index contributed by atoms with van der Waals surface area (Å²) < 4.78 is 25.6. The summed E-state index contributed by atoms with van der Waals surface area (Å²) in [5.41, 5.74) is 5.82. The standard InChI is InChI=1S/C12H18N4O4S/c1-9(17)14-10-3-5-11(6-4-10)21(19,20)16(2)8-7-12(13)15-18/h3-6,18H,7-8H2,1-2H3,(H2,13,15)(H,14,17). The van der Waals surface area contributed by atoms with Crippen molar-refractivity contribution in [2.75, 3.05) is 18.9 Å². The van der Waals surface area contributed by atoms with Crippen LogP contribution in [-0.2, 0) is 14.8 Å². The van der Waals surface area contributed by atoms with Gasteiger partial charge in [0.2, 0.25) is 15.9 Å². The molecule has 0 saturated heterocycles. The molecule has 1 aromatic rings. The van der Waals surface area contributed by atoms with Gasteiger partial charge in [0.25, 0.3) is 0 Å². The summed E-state index contributed by atoms with van der Waals surface area (Å²) >= 11 is 0. The van der Waals surface area contributed by atoms with E-state index in [-0.39, 0.29) is 29.6 Å². The van der Waals surface area contributed by atoms with Crippen LogP contribution in [0.5, 0.6) is 0 Å². The lowest BCUT2D eigenvalue weighted by atomic mass is 10.3. The number of hydrogen-bond acceptors (Lipinski definition) is 5. The van der Waals surface area contributed by atoms with Crippen molar-refractivity contribution in [1.82, 2.24) is 4.31 Å². The first-order valence-electron chi connectivity index (χ1n) is 6.07. The fraction of sp³-hybridized carbons (Fsp3) is 0.333. The molecule has 0 aromatic heterocycles. The molecule has 0 unspecified atom stereocenters. The van der Waals surface area contributed by atoms with E-state index in [1.54, 1.807) is 0 Å². The molecule has 0 aliphatic carbocycles. The highest BCUT2D eigenvalue weighted by atomic mass is 32.2. The van der Waals surface area contributed by atoms with E-state index < -0.39 is 10.0 Å². The summed E-state index contributed by atoms with van der Waals surface area (Å²) in [4.78, 5) is 11.0. The van der Waals surface area contributed by atoms with Crippen LogP contribution in [0.25, 0.3) is 0 Å². The Morgan fingerprint density at radius 3 is 2.43 bits per heavy atom. The molecule has 116 valence electrons. The maximum absolute atomic E-state index is 12.3. The molecular weight excluding hydrogens is 296 g/mol. The second-order valence-corrected chi connectivity index (χ2v) is 6.42. The summed E-state index contributed by atoms with van der Waals surface area (Å²) in [6.07, 6.45) is 0.121. The average Bonchev–Trinajstić information content (AvgIpc) is 2.44. The third-order valence-electron chi connectivity index (χ3n) is 2.69. The van der Waals surface area contributed by atoms with Gasteiger partial charge in [0.05, 0.1) is 4.90 Å². The van der Waals surface area contributed by atoms with Gasteiger partial charge in [-0.25, -0.2) is 12.7 Å². The van der Waals surface area contributed by atoms with Crippen LogP contribution in [0.2, 0.25) is 0 Å². The number of rotatable bonds is 6. The molecule has 0 bridgehead atoms. The first kappa shape index (κ1) is 16.9. The molecule has 0 saturated carbocycles. The van der Waals surface area contributed by atoms with Crippen LogP contribution in [-0.4, -0.2) is 43.3 Å². The van der Waals surface area contributed by atoms with Gasteiger partial charge in [0.15, 0.2) is 0 Å². The van der Waals surface area contributed by atoms with Crippen molar-refractivity contribution in [3.63, 3.8) is 0 Å². The summed E-state index contributed by atoms with van der Waals surface area (Å²) in [6, 6.07) is 5.82. The first-order valence-corrected chi connectivity index (χ1v) is 7.51. The molecule has 0 aliphatic heterocycles. The normalized spacial score (nSPS) is 12.4. The van der Waals surface area contributed by atoms with Gasteiger partial charge >= 0.3 is 0 Å². The van der Waals surface area contributed by atoms with E-state index >= 15 is 0 Å². The Morgan fingerprint density at radius 1 is 1.38 bits per heavy atom. The number of carbonyl (C=O) groups excluding carboxylic acids is 1. The number of benzene rings is 1. The highest BCUT2D eigenvalue weighted by Crippen LogP contribution is 2.17. The second kappa shape index (κ2) is 7.04. The molecule has 0 aliphatic rings. The summed E-state index contributed by atoms with van der Waals surface area (Å²) in [7, 11) is -2.26. The Morgan fingerprint density at radius 2 is 1.95 bits per heavy atom. The minimum Gasteiger partial charge on any atom is -0.409 e. The number of nitrogens with two attached hydrogens (primary N) is 1. The topological polar surface area (TPSA) is 125 Å². The third kappa shape index (κ3) is 4.72. The molecular formula is C12H18N4O4S. The number of sulfonamides is 1. The average molecular weight is 314 g/mol. The van der Waals surface area contributed by atoms with Crippen molar-refractivity contribution < 1.29 is 18.4 Å². The van der Waals surface area contributed by atoms with Gasteiger partial charge in [-0.1, -0.05) is 5.16 Å². The minimum atomic E-state index is -3.66. The van der Waals surface area contributed by atoms with Crippen molar-refractivity contribution in [3.8, 4) is 0 Å². The predicted molar refractivity (Wildman–Crippen MR) is 78.6 cm³/mol. The minimum absolute atomic E-state index is 0.0435. The lowest BCUT2D eigenvalue weighted by Crippen LogP contribution is -2.30. The fourth-order valence-corrected chi connectivity index (χ4v) is 2.71. The first-order chi connectivity index (χ1) is 9.77. The number of amides is 1. The molecule has 0 spiro atoms. The third-order valence-corrected chi connectivity index (χ3v) is 4.57. The zero-order valence-electron chi connectivity index (χ0n) is 11.8. The lowest BCUT2D eigenvalue weighted by molar-refractivity contribution is -0.114. The molecule has 0 atom stereocenters. The van der Waals surface area contributed by atoms with E-state index in [0.29, 0.717) is 5.69 Å². The van der Waals surface area contributed by atoms with Crippen LogP contribution in [0.15, 0.2) is 34.3 Å². The number of hydrogen-bond donors (Lipinski definition) is 3. The molecule has 0 heterocycles. The van der Waals surface area contributed by atoms with E-state index in [1.807, 2.05) is 0 Å². The quantitative estimate of drug-likeness (QED) is 0.303. The van der Waals surface area contributed by atoms with E-state index in [2.05, 4.69) is 10.5 Å². The predicted octanol–water partition coefficient (Wildman–Crippen LogP) is 0.402. The van der Waals surface area contributed by atoms with Crippen LogP contribution < -0.4 is 11.1 Å². The second-order valence-electron chi connectivity index (χ2n) is 4.37. The van der Waals surface area contributed by atoms with Crippen LogP contribution >= 0.6 is 0 Å².